The molecule has 4 heterocycles. The molecule has 0 aliphatic heterocycles. The van der Waals surface area contributed by atoms with Gasteiger partial charge in [-0.25, -0.2) is 4.98 Å². The van der Waals surface area contributed by atoms with E-state index < -0.39 is 0 Å². The number of carbonyl (C=O) groups excluding carboxylic acids is 1. The molecule has 0 fully saturated rings. The van der Waals surface area contributed by atoms with Crippen LogP contribution in [0.15, 0.2) is 65.0 Å². The van der Waals surface area contributed by atoms with Gasteiger partial charge in [-0.2, -0.15) is 0 Å². The number of amides is 1. The van der Waals surface area contributed by atoms with Gasteiger partial charge in [0.1, 0.15) is 11.2 Å². The second-order valence-electron chi connectivity index (χ2n) is 5.80. The number of aromatic nitrogens is 3. The molecule has 0 bridgehead atoms. The van der Waals surface area contributed by atoms with Gasteiger partial charge in [0.25, 0.3) is 11.5 Å². The summed E-state index contributed by atoms with van der Waals surface area (Å²) in [6.07, 6.45) is 4.46. The predicted molar refractivity (Wildman–Crippen MR) is 102 cm³/mol. The maximum absolute atomic E-state index is 12.3. The average Bonchev–Trinajstić information content (AvgIpc) is 3.31. The summed E-state index contributed by atoms with van der Waals surface area (Å²) in [4.78, 5) is 32.7. The van der Waals surface area contributed by atoms with E-state index in [1.165, 1.54) is 11.3 Å². The van der Waals surface area contributed by atoms with Crippen LogP contribution < -0.4 is 10.9 Å². The van der Waals surface area contributed by atoms with Crippen LogP contribution in [0.4, 0.5) is 0 Å². The molecule has 0 saturated carbocycles. The Bertz CT molecular complexity index is 1080. The fourth-order valence-corrected chi connectivity index (χ4v) is 3.44. The van der Waals surface area contributed by atoms with Gasteiger partial charge in [-0.1, -0.05) is 12.1 Å². The summed E-state index contributed by atoms with van der Waals surface area (Å²) in [5.41, 5.74) is 2.19. The molecule has 1 amide bonds. The molecule has 26 heavy (non-hydrogen) atoms. The number of aromatic amines is 1. The van der Waals surface area contributed by atoms with Gasteiger partial charge in [-0.3, -0.25) is 9.59 Å². The Morgan fingerprint density at radius 2 is 2.12 bits per heavy atom. The normalized spacial score (nSPS) is 10.9. The summed E-state index contributed by atoms with van der Waals surface area (Å²) in [5.74, 6) is -0.382. The second-order valence-corrected chi connectivity index (χ2v) is 6.74. The van der Waals surface area contributed by atoms with Gasteiger partial charge in [0.15, 0.2) is 0 Å². The van der Waals surface area contributed by atoms with Crippen molar-refractivity contribution in [2.45, 2.75) is 6.42 Å². The van der Waals surface area contributed by atoms with Crippen LogP contribution in [0, 0.1) is 0 Å². The molecule has 2 N–H and O–H groups in total. The van der Waals surface area contributed by atoms with Crippen LogP contribution in [0.2, 0.25) is 0 Å². The number of thiophene rings is 1. The number of nitrogens with one attached hydrogen (secondary N) is 2. The summed E-state index contributed by atoms with van der Waals surface area (Å²) in [6, 6.07) is 12.9. The molecule has 0 atom stereocenters. The van der Waals surface area contributed by atoms with Crippen molar-refractivity contribution in [3.8, 4) is 10.6 Å². The third-order valence-electron chi connectivity index (χ3n) is 4.02. The summed E-state index contributed by atoms with van der Waals surface area (Å²) in [6.45, 7) is 0.412. The van der Waals surface area contributed by atoms with Gasteiger partial charge in [0.2, 0.25) is 0 Å². The van der Waals surface area contributed by atoms with Crippen molar-refractivity contribution in [1.82, 2.24) is 19.7 Å². The number of fused-ring (bicyclic) bond motifs is 1. The molecule has 0 saturated heterocycles. The molecule has 4 aromatic rings. The standard InChI is InChI=1S/C19H16N4O2S/c24-18(14-6-7-15(22-19(14)25)16-4-3-11-26-16)20-9-8-13-12-23-10-2-1-5-17(23)21-13/h1-7,10-12H,8-9H2,(H,20,24)(H,22,25). The molecule has 4 rings (SSSR count). The van der Waals surface area contributed by atoms with Crippen LogP contribution in [0.3, 0.4) is 0 Å². The zero-order valence-corrected chi connectivity index (χ0v) is 14.6. The molecule has 6 nitrogen and oxygen atoms in total. The molecule has 4 aromatic heterocycles. The number of carbonyl (C=O) groups is 1. The maximum Gasteiger partial charge on any atom is 0.261 e. The first-order chi connectivity index (χ1) is 12.7. The van der Waals surface area contributed by atoms with E-state index in [0.29, 0.717) is 18.7 Å². The lowest BCUT2D eigenvalue weighted by atomic mass is 10.2. The highest BCUT2D eigenvalue weighted by atomic mass is 32.1. The van der Waals surface area contributed by atoms with Gasteiger partial charge in [0, 0.05) is 25.4 Å². The topological polar surface area (TPSA) is 79.3 Å². The molecule has 0 unspecified atom stereocenters. The van der Waals surface area contributed by atoms with Crippen LogP contribution >= 0.6 is 11.3 Å². The molecule has 0 aromatic carbocycles. The zero-order chi connectivity index (χ0) is 17.9. The van der Waals surface area contributed by atoms with Crippen molar-refractivity contribution in [3.05, 3.63) is 81.8 Å². The van der Waals surface area contributed by atoms with Crippen molar-refractivity contribution in [2.24, 2.45) is 0 Å². The first-order valence-electron chi connectivity index (χ1n) is 8.19. The largest absolute Gasteiger partial charge is 0.351 e. The van der Waals surface area contributed by atoms with Gasteiger partial charge >= 0.3 is 0 Å². The highest BCUT2D eigenvalue weighted by Crippen LogP contribution is 2.21. The lowest BCUT2D eigenvalue weighted by Gasteiger charge is -2.04. The van der Waals surface area contributed by atoms with Gasteiger partial charge in [-0.15, -0.1) is 11.3 Å². The third-order valence-corrected chi connectivity index (χ3v) is 4.92. The fourth-order valence-electron chi connectivity index (χ4n) is 2.73. The minimum atomic E-state index is -0.388. The third kappa shape index (κ3) is 3.29. The average molecular weight is 364 g/mol. The van der Waals surface area contributed by atoms with Gasteiger partial charge in [-0.05, 0) is 35.7 Å². The number of hydrogen-bond acceptors (Lipinski definition) is 4. The van der Waals surface area contributed by atoms with Crippen molar-refractivity contribution in [2.75, 3.05) is 6.54 Å². The Balaban J connectivity index is 1.41. The molecule has 0 aliphatic rings. The number of rotatable bonds is 5. The summed E-state index contributed by atoms with van der Waals surface area (Å²) >= 11 is 1.53. The summed E-state index contributed by atoms with van der Waals surface area (Å²) < 4.78 is 1.94. The number of imidazole rings is 1. The quantitative estimate of drug-likeness (QED) is 0.571. The minimum Gasteiger partial charge on any atom is -0.351 e. The minimum absolute atomic E-state index is 0.111. The van der Waals surface area contributed by atoms with Crippen LogP contribution in [0.5, 0.6) is 0 Å². The number of hydrogen-bond donors (Lipinski definition) is 2. The van der Waals surface area contributed by atoms with E-state index in [2.05, 4.69) is 15.3 Å². The van der Waals surface area contributed by atoms with Crippen molar-refractivity contribution < 1.29 is 4.79 Å². The van der Waals surface area contributed by atoms with Gasteiger partial charge in [0.05, 0.1) is 16.3 Å². The fraction of sp³-hybridized carbons (Fsp3) is 0.105. The SMILES string of the molecule is O=C(NCCc1cn2ccccc2n1)c1ccc(-c2cccs2)[nH]c1=O. The first kappa shape index (κ1) is 16.3. The molecular formula is C19H16N4O2S. The van der Waals surface area contributed by atoms with Crippen molar-refractivity contribution in [3.63, 3.8) is 0 Å². The number of pyridine rings is 2. The first-order valence-corrected chi connectivity index (χ1v) is 9.07. The van der Waals surface area contributed by atoms with E-state index in [4.69, 9.17) is 0 Å². The maximum atomic E-state index is 12.3. The van der Waals surface area contributed by atoms with Crippen LogP contribution in [0.1, 0.15) is 16.1 Å². The smallest absolute Gasteiger partial charge is 0.261 e. The van der Waals surface area contributed by atoms with E-state index in [9.17, 15) is 9.59 Å². The van der Waals surface area contributed by atoms with E-state index in [1.54, 1.807) is 12.1 Å². The Morgan fingerprint density at radius 1 is 1.19 bits per heavy atom. The second kappa shape index (κ2) is 6.97. The van der Waals surface area contributed by atoms with E-state index in [0.717, 1.165) is 16.2 Å². The highest BCUT2D eigenvalue weighted by Gasteiger charge is 2.11. The van der Waals surface area contributed by atoms with Crippen LogP contribution in [-0.4, -0.2) is 26.8 Å². The Hall–Kier alpha value is -3.19. The molecule has 7 heteroatoms. The van der Waals surface area contributed by atoms with Crippen LogP contribution in [0.25, 0.3) is 16.2 Å². The van der Waals surface area contributed by atoms with E-state index in [1.807, 2.05) is 52.5 Å². The van der Waals surface area contributed by atoms with Crippen molar-refractivity contribution in [1.29, 1.82) is 0 Å². The molecular weight excluding hydrogens is 348 g/mol. The van der Waals surface area contributed by atoms with E-state index in [-0.39, 0.29) is 17.0 Å². The van der Waals surface area contributed by atoms with Gasteiger partial charge < -0.3 is 14.7 Å². The number of H-pyrrole nitrogens is 1. The predicted octanol–water partition coefficient (Wildman–Crippen LogP) is 2.72. The van der Waals surface area contributed by atoms with Crippen LogP contribution in [-0.2, 0) is 6.42 Å². The Labute approximate surface area is 153 Å². The lowest BCUT2D eigenvalue weighted by Crippen LogP contribution is -2.31. The Morgan fingerprint density at radius 3 is 2.88 bits per heavy atom. The summed E-state index contributed by atoms with van der Waals surface area (Å²) in [7, 11) is 0. The summed E-state index contributed by atoms with van der Waals surface area (Å²) in [5, 5.41) is 4.72. The lowest BCUT2D eigenvalue weighted by molar-refractivity contribution is 0.0952. The highest BCUT2D eigenvalue weighted by molar-refractivity contribution is 7.13. The van der Waals surface area contributed by atoms with Crippen molar-refractivity contribution >= 4 is 22.9 Å². The monoisotopic (exact) mass is 364 g/mol. The molecule has 130 valence electrons. The number of nitrogens with zero attached hydrogens (tertiary/aromatic N) is 2. The molecule has 0 aliphatic carbocycles. The molecule has 0 radical (unpaired) electrons. The zero-order valence-electron chi connectivity index (χ0n) is 13.8. The molecule has 0 spiro atoms. The Kier molecular flexibility index (Phi) is 4.37. The van der Waals surface area contributed by atoms with E-state index >= 15 is 0 Å².